The van der Waals surface area contributed by atoms with Gasteiger partial charge in [-0.3, -0.25) is 29.5 Å². The number of nitrogens with zero attached hydrogens (tertiary/aromatic N) is 6. The number of pyridine rings is 6. The van der Waals surface area contributed by atoms with Crippen LogP contribution in [0.2, 0.25) is 0 Å². The third-order valence-corrected chi connectivity index (χ3v) is 29.6. The monoisotopic (exact) mass is 2580 g/mol. The van der Waals surface area contributed by atoms with Crippen LogP contribution in [0.3, 0.4) is 0 Å². The van der Waals surface area contributed by atoms with E-state index in [0.717, 1.165) is 168 Å². The summed E-state index contributed by atoms with van der Waals surface area (Å²) >= 11 is 0. The van der Waals surface area contributed by atoms with Gasteiger partial charge in [0, 0.05) is 138 Å². The predicted octanol–water partition coefficient (Wildman–Crippen LogP) is 32.7. The average molecular weight is 2580 g/mol. The van der Waals surface area contributed by atoms with Crippen LogP contribution in [0.25, 0.3) is 111 Å². The van der Waals surface area contributed by atoms with Crippen LogP contribution in [-0.2, 0) is 96.4 Å². The van der Waals surface area contributed by atoms with Crippen LogP contribution in [-0.4, -0.2) is 51.7 Å². The van der Waals surface area contributed by atoms with E-state index >= 15 is 0 Å². The molecule has 16 aromatic rings. The molecule has 12 aliphatic carbocycles. The van der Waals surface area contributed by atoms with Gasteiger partial charge in [0.05, 0.1) is 33.6 Å². The maximum Gasteiger partial charge on any atom is 0.162 e. The Labute approximate surface area is 895 Å². The van der Waals surface area contributed by atoms with E-state index in [2.05, 4.69) is 208 Å². The van der Waals surface area contributed by atoms with Crippen molar-refractivity contribution in [1.29, 1.82) is 0 Å². The summed E-state index contributed by atoms with van der Waals surface area (Å²) in [6, 6.07) is 108. The van der Waals surface area contributed by atoms with Crippen LogP contribution in [0.4, 0.5) is 0 Å². The van der Waals surface area contributed by atoms with Crippen LogP contribution in [0.1, 0.15) is 271 Å². The number of ketones is 2. The molecule has 6 heterocycles. The zero-order valence-electron chi connectivity index (χ0n) is 83.4. The van der Waals surface area contributed by atoms with Gasteiger partial charge >= 0.3 is 0 Å². The first-order valence-corrected chi connectivity index (χ1v) is 50.5. The summed E-state index contributed by atoms with van der Waals surface area (Å²) in [7, 11) is 0. The summed E-state index contributed by atoms with van der Waals surface area (Å²) < 4.78 is 0. The SMILES string of the molecule is CC(=O)C=C(C)O.CCC(CC)C(=O)C=C(O)C(CC)CC.Cc1[c-]c(-c2ccc3c4c(ccc3n2)C2CC(C4)C2)cc(C)c1.Cc1[c-]c(-c2ccc3c4c(ccc3n2)C2CCC4CC2)cc(C)c1.Cc1cccc(-c2[c-]cccc2)n1.[Ir].[Ir].[Ir].[Ir].[c-]1ccccc1-c1ccc2c3c(ccc2n1)C1CCC3CC1.[c-]1ccccc1-c1ccc2c3c(ccc2n1)C1CCC3CC1.[c-]1ccccc1-c1ccccn1. The predicted molar refractivity (Wildman–Crippen MR) is 567 cm³/mol. The number of hydrogen-bond acceptors (Lipinski definition) is 10. The molecule has 10 nitrogen and oxygen atoms in total. The number of carbonyl (C=O) groups is 2. The zero-order valence-corrected chi connectivity index (χ0v) is 93.0. The first-order valence-electron chi connectivity index (χ1n) is 50.5. The smallest absolute Gasteiger partial charge is 0.162 e. The molecule has 8 bridgehead atoms. The number of aryl methyl sites for hydroxylation is 5. The molecule has 12 aliphatic rings. The minimum atomic E-state index is -0.125. The minimum Gasteiger partial charge on any atom is -0.512 e. The van der Waals surface area contributed by atoms with Gasteiger partial charge in [-0.05, 0) is 305 Å². The van der Waals surface area contributed by atoms with Crippen molar-refractivity contribution in [3.05, 3.63) is 394 Å². The number of allylic oxidation sites excluding steroid dienone is 4. The summed E-state index contributed by atoms with van der Waals surface area (Å²) in [5, 5.41) is 23.6. The van der Waals surface area contributed by atoms with Crippen molar-refractivity contribution in [2.45, 2.75) is 240 Å². The molecular weight excluding hydrogens is 2450 g/mol. The Morgan fingerprint density at radius 1 is 0.352 bits per heavy atom. The van der Waals surface area contributed by atoms with Gasteiger partial charge in [0.2, 0.25) is 0 Å². The van der Waals surface area contributed by atoms with Crippen LogP contribution >= 0.6 is 0 Å². The van der Waals surface area contributed by atoms with Crippen LogP contribution < -0.4 is 0 Å². The number of rotatable bonds is 14. The van der Waals surface area contributed by atoms with Crippen molar-refractivity contribution in [3.63, 3.8) is 0 Å². The number of fused-ring (bicyclic) bond motifs is 10. The van der Waals surface area contributed by atoms with Gasteiger partial charge in [0.1, 0.15) is 0 Å². The summed E-state index contributed by atoms with van der Waals surface area (Å²) in [5.41, 5.74) is 35.8. The molecule has 10 aromatic carbocycles. The molecule has 142 heavy (non-hydrogen) atoms. The molecule has 28 rings (SSSR count). The molecule has 0 saturated heterocycles. The van der Waals surface area contributed by atoms with Crippen molar-refractivity contribution in [1.82, 2.24) is 29.9 Å². The van der Waals surface area contributed by atoms with Crippen molar-refractivity contribution in [2.75, 3.05) is 0 Å². The second kappa shape index (κ2) is 51.1. The number of aliphatic hydroxyl groups excluding tert-OH is 2. The Hall–Kier alpha value is -10.8. The van der Waals surface area contributed by atoms with Gasteiger partial charge in [0.15, 0.2) is 11.6 Å². The molecule has 736 valence electrons. The molecule has 6 aromatic heterocycles. The second-order valence-corrected chi connectivity index (χ2v) is 39.2. The molecular formula is C128H128Ir4N6O4-6. The van der Waals surface area contributed by atoms with Crippen LogP contribution in [0, 0.1) is 88.8 Å². The molecule has 4 saturated carbocycles. The van der Waals surface area contributed by atoms with Gasteiger partial charge in [-0.1, -0.05) is 152 Å². The third kappa shape index (κ3) is 26.1. The fourth-order valence-corrected chi connectivity index (χ4v) is 22.7. The van der Waals surface area contributed by atoms with E-state index in [-0.39, 0.29) is 115 Å². The topological polar surface area (TPSA) is 152 Å². The quantitative estimate of drug-likeness (QED) is 0.0611. The maximum atomic E-state index is 11.7. The number of benzene rings is 10. The van der Waals surface area contributed by atoms with E-state index in [1.165, 1.54) is 166 Å². The molecule has 2 N–H and O–H groups in total. The molecule has 4 radical (unpaired) electrons. The molecule has 0 amide bonds. The fraction of sp³-hybridized carbons (Fsp3) is 0.312. The van der Waals surface area contributed by atoms with Crippen molar-refractivity contribution >= 4 is 55.2 Å². The van der Waals surface area contributed by atoms with E-state index in [4.69, 9.17) is 25.0 Å². The summed E-state index contributed by atoms with van der Waals surface area (Å²) in [6.07, 6.45) is 28.4. The fourth-order valence-electron chi connectivity index (χ4n) is 22.7. The van der Waals surface area contributed by atoms with Gasteiger partial charge in [-0.15, -0.1) is 213 Å². The zero-order chi connectivity index (χ0) is 95.9. The number of aliphatic hydroxyl groups is 2. The molecule has 0 aliphatic heterocycles. The summed E-state index contributed by atoms with van der Waals surface area (Å²) in [4.78, 5) is 50.1. The van der Waals surface area contributed by atoms with E-state index in [1.807, 2.05) is 156 Å². The summed E-state index contributed by atoms with van der Waals surface area (Å²) in [5.74, 6) is 6.90. The first-order chi connectivity index (χ1) is 67.2. The molecule has 14 heteroatoms. The number of aromatic nitrogens is 6. The second-order valence-electron chi connectivity index (χ2n) is 39.2. The minimum absolute atomic E-state index is 0. The van der Waals surface area contributed by atoms with Crippen molar-refractivity contribution in [2.24, 2.45) is 17.8 Å². The third-order valence-electron chi connectivity index (χ3n) is 29.6. The Bertz CT molecular complexity index is 6790. The van der Waals surface area contributed by atoms with E-state index in [0.29, 0.717) is 0 Å². The van der Waals surface area contributed by atoms with E-state index < -0.39 is 0 Å². The molecule has 0 spiro atoms. The van der Waals surface area contributed by atoms with Gasteiger partial charge in [-0.25, -0.2) is 0 Å². The average Bonchev–Trinajstić information content (AvgIpc) is 0.759. The standard InChI is InChI=1S/C23H22N.C22H20N.2C21H18N.C13H24O2.C12H10N.C11H8N.C5H8O2.4Ir/c1-14-11-15(2)13-18(12-14)21-9-8-20-22(24-21)10-7-19-16-3-5-17(6-4-16)23(19)20;1-13-7-14(2)9-17(8-13)21-5-4-19-20-12-15-10-16(11-15)18(20)3-6-22(19)23-21;2*1-2-4-15(5-3-1)19-12-11-18-20(22-19)13-10-17-14-6-8-16(9-7-14)21(17)18;1-5-10(6-2)12(14)9-13(15)11(7-3)8-4;1-10-6-5-9-12(13-10)11-7-3-2-4-8-11;1-2-6-10(7-3-1)11-8-4-5-9-12-11;1-4(6)3-5(2)7;;;;/h7-12,16-17H,3-6H2,1-2H3;3-8,15-16H,10-12H2,1-2H3;2*1-4,10-14,16H,6-9H2;9-11,14H,5-8H2,1-4H3;2-7,9H,1H3;1-6,8-9H;3,6H,1-2H3;;;;/q4*-1;;2*-1;;;;;. The van der Waals surface area contributed by atoms with Gasteiger partial charge < -0.3 is 20.2 Å². The molecule has 0 unspecified atom stereocenters. The Morgan fingerprint density at radius 3 is 1.05 bits per heavy atom. The van der Waals surface area contributed by atoms with Crippen molar-refractivity contribution < 1.29 is 100 Å². The van der Waals surface area contributed by atoms with Gasteiger partial charge in [-0.2, -0.15) is 0 Å². The van der Waals surface area contributed by atoms with Crippen molar-refractivity contribution in [3.8, 4) is 67.5 Å². The molecule has 0 atom stereocenters. The normalized spacial score (nSPS) is 17.9. The molecule has 4 fully saturated rings. The van der Waals surface area contributed by atoms with E-state index in [9.17, 15) is 14.7 Å². The van der Waals surface area contributed by atoms with Crippen LogP contribution in [0.15, 0.2) is 285 Å². The Balaban J connectivity index is 0.000000139. The number of hydrogen-bond donors (Lipinski definition) is 2. The maximum absolute atomic E-state index is 11.7. The van der Waals surface area contributed by atoms with Gasteiger partial charge in [0.25, 0.3) is 0 Å². The van der Waals surface area contributed by atoms with Crippen LogP contribution in [0.5, 0.6) is 0 Å². The largest absolute Gasteiger partial charge is 0.512 e. The summed E-state index contributed by atoms with van der Waals surface area (Å²) in [6.45, 7) is 21.4. The first kappa shape index (κ1) is 108. The number of carbonyl (C=O) groups excluding carboxylic acids is 2. The Morgan fingerprint density at radius 2 is 0.704 bits per heavy atom. The van der Waals surface area contributed by atoms with E-state index in [1.54, 1.807) is 50.7 Å². The Kier molecular flexibility index (Phi) is 39.0.